The molecule has 1 aliphatic rings. The predicted molar refractivity (Wildman–Crippen MR) is 182 cm³/mol. The van der Waals surface area contributed by atoms with Gasteiger partial charge in [-0.1, -0.05) is 72.8 Å². The molecule has 252 valence electrons. The van der Waals surface area contributed by atoms with E-state index in [4.69, 9.17) is 9.47 Å². The Labute approximate surface area is 278 Å². The number of rotatable bonds is 11. The number of amides is 4. The first-order valence-electron chi connectivity index (χ1n) is 16.2. The molecule has 4 amide bonds. The molecule has 3 aromatic carbocycles. The molecule has 1 N–H and O–H groups in total. The van der Waals surface area contributed by atoms with E-state index in [2.05, 4.69) is 5.32 Å². The van der Waals surface area contributed by atoms with Crippen molar-refractivity contribution in [1.82, 2.24) is 20.0 Å². The Morgan fingerprint density at radius 1 is 0.830 bits per heavy atom. The molecule has 0 aliphatic carbocycles. The first-order chi connectivity index (χ1) is 22.4. The molecule has 10 nitrogen and oxygen atoms in total. The van der Waals surface area contributed by atoms with Crippen LogP contribution in [0.1, 0.15) is 44.7 Å². The number of fused-ring (bicyclic) bond motifs is 1. The lowest BCUT2D eigenvalue weighted by Crippen LogP contribution is -2.56. The molecule has 0 spiro atoms. The van der Waals surface area contributed by atoms with Gasteiger partial charge in [-0.05, 0) is 55.5 Å². The van der Waals surface area contributed by atoms with Crippen molar-refractivity contribution in [2.24, 2.45) is 0 Å². The molecule has 0 saturated carbocycles. The lowest BCUT2D eigenvalue weighted by Gasteiger charge is -2.35. The van der Waals surface area contributed by atoms with Crippen molar-refractivity contribution in [2.45, 2.75) is 70.2 Å². The Morgan fingerprint density at radius 2 is 1.45 bits per heavy atom. The number of hydrogen-bond donors (Lipinski definition) is 1. The van der Waals surface area contributed by atoms with Crippen molar-refractivity contribution >= 4 is 34.6 Å². The summed E-state index contributed by atoms with van der Waals surface area (Å²) in [5.41, 5.74) is 1.24. The average molecular weight is 645 g/mol. The van der Waals surface area contributed by atoms with Crippen LogP contribution in [-0.2, 0) is 36.7 Å². The number of nitrogens with zero attached hydrogens (tertiary/aromatic N) is 3. The molecular weight excluding hydrogens is 596 g/mol. The number of carbonyl (C=O) groups is 4. The molecule has 2 atom stereocenters. The van der Waals surface area contributed by atoms with Crippen LogP contribution < -0.4 is 5.32 Å². The van der Waals surface area contributed by atoms with Crippen LogP contribution in [0.5, 0.6) is 0 Å². The third-order valence-corrected chi connectivity index (χ3v) is 8.56. The summed E-state index contributed by atoms with van der Waals surface area (Å²) in [5, 5.41) is 4.81. The summed E-state index contributed by atoms with van der Waals surface area (Å²) in [7, 11) is 4.78. The summed E-state index contributed by atoms with van der Waals surface area (Å²) in [5.74, 6) is -0.972. The van der Waals surface area contributed by atoms with Crippen LogP contribution in [0.2, 0.25) is 0 Å². The molecule has 0 aromatic heterocycles. The van der Waals surface area contributed by atoms with Crippen LogP contribution in [0.4, 0.5) is 4.79 Å². The second-order valence-corrected chi connectivity index (χ2v) is 13.2. The summed E-state index contributed by atoms with van der Waals surface area (Å²) in [6.07, 6.45) is 1.18. The lowest BCUT2D eigenvalue weighted by molar-refractivity contribution is -0.150. The van der Waals surface area contributed by atoms with Crippen LogP contribution >= 0.6 is 0 Å². The number of likely N-dealkylation sites (N-methyl/N-ethyl adjacent to an activating group) is 3. The third kappa shape index (κ3) is 9.78. The van der Waals surface area contributed by atoms with Crippen molar-refractivity contribution in [3.8, 4) is 0 Å². The average Bonchev–Trinajstić information content (AvgIpc) is 3.07. The van der Waals surface area contributed by atoms with Gasteiger partial charge in [-0.3, -0.25) is 14.4 Å². The SMILES string of the molecule is CNC(=O)[C@@H](Cc1ccccc1)N(C)C(=O)[C@@H](Cc1ccc2ccccc2c1)N(C)C(=O)COC1CCN(C(=O)OC(C)(C)C)CC1. The highest BCUT2D eigenvalue weighted by Crippen LogP contribution is 2.21. The van der Waals surface area contributed by atoms with Crippen molar-refractivity contribution in [3.63, 3.8) is 0 Å². The van der Waals surface area contributed by atoms with Gasteiger partial charge >= 0.3 is 6.09 Å². The maximum Gasteiger partial charge on any atom is 0.410 e. The zero-order valence-corrected chi connectivity index (χ0v) is 28.4. The molecule has 1 saturated heterocycles. The Hall–Kier alpha value is -4.44. The number of hydrogen-bond acceptors (Lipinski definition) is 6. The van der Waals surface area contributed by atoms with Crippen LogP contribution in [0.25, 0.3) is 10.8 Å². The molecule has 1 fully saturated rings. The summed E-state index contributed by atoms with van der Waals surface area (Å²) in [6, 6.07) is 21.9. The van der Waals surface area contributed by atoms with Gasteiger partial charge in [-0.2, -0.15) is 0 Å². The van der Waals surface area contributed by atoms with Gasteiger partial charge in [0.25, 0.3) is 0 Å². The van der Waals surface area contributed by atoms with Crippen LogP contribution in [0.15, 0.2) is 72.8 Å². The van der Waals surface area contributed by atoms with Gasteiger partial charge in [-0.25, -0.2) is 4.79 Å². The molecule has 0 unspecified atom stereocenters. The van der Waals surface area contributed by atoms with Gasteiger partial charge in [0.15, 0.2) is 0 Å². The maximum absolute atomic E-state index is 14.3. The van der Waals surface area contributed by atoms with E-state index < -0.39 is 17.7 Å². The molecule has 0 radical (unpaired) electrons. The topological polar surface area (TPSA) is 108 Å². The highest BCUT2D eigenvalue weighted by atomic mass is 16.6. The molecule has 47 heavy (non-hydrogen) atoms. The smallest absolute Gasteiger partial charge is 0.410 e. The van der Waals surface area contributed by atoms with Crippen molar-refractivity contribution in [1.29, 1.82) is 0 Å². The minimum atomic E-state index is -0.880. The van der Waals surface area contributed by atoms with E-state index in [0.29, 0.717) is 32.4 Å². The fraction of sp³-hybridized carbons (Fsp3) is 0.459. The van der Waals surface area contributed by atoms with E-state index in [9.17, 15) is 19.2 Å². The molecule has 1 heterocycles. The van der Waals surface area contributed by atoms with Crippen molar-refractivity contribution in [3.05, 3.63) is 83.9 Å². The lowest BCUT2D eigenvalue weighted by atomic mass is 9.98. The second kappa shape index (κ2) is 15.9. The largest absolute Gasteiger partial charge is 0.444 e. The predicted octanol–water partition coefficient (Wildman–Crippen LogP) is 4.44. The highest BCUT2D eigenvalue weighted by Gasteiger charge is 2.35. The molecule has 10 heteroatoms. The maximum atomic E-state index is 14.3. The zero-order chi connectivity index (χ0) is 34.1. The number of piperidine rings is 1. The minimum absolute atomic E-state index is 0.202. The van der Waals surface area contributed by atoms with Gasteiger partial charge in [0.1, 0.15) is 24.3 Å². The standard InChI is InChI=1S/C37H48N4O6/c1-37(2,3)47-36(45)41-20-18-30(19-21-41)46-25-33(42)39(5)32(24-27-16-17-28-14-10-11-15-29(28)22-27)35(44)40(6)31(34(43)38-4)23-26-12-8-7-9-13-26/h7-17,22,30-32H,18-21,23-25H2,1-6H3,(H,38,43)/t31-,32-/m1/s1. The second-order valence-electron chi connectivity index (χ2n) is 13.2. The number of ether oxygens (including phenoxy) is 2. The normalized spacial score (nSPS) is 15.1. The first-order valence-corrected chi connectivity index (χ1v) is 16.2. The van der Waals surface area contributed by atoms with E-state index in [0.717, 1.165) is 21.9 Å². The Kier molecular flexibility index (Phi) is 12.0. The molecule has 1 aliphatic heterocycles. The summed E-state index contributed by atoms with van der Waals surface area (Å²) in [4.78, 5) is 57.9. The molecule has 3 aromatic rings. The van der Waals surface area contributed by atoms with Crippen LogP contribution in [-0.4, -0.2) is 103 Å². The van der Waals surface area contributed by atoms with E-state index in [-0.39, 0.29) is 42.9 Å². The molecule has 0 bridgehead atoms. The number of nitrogens with one attached hydrogen (secondary N) is 1. The van der Waals surface area contributed by atoms with E-state index >= 15 is 0 Å². The zero-order valence-electron chi connectivity index (χ0n) is 28.4. The Balaban J connectivity index is 1.49. The van der Waals surface area contributed by atoms with Crippen LogP contribution in [0, 0.1) is 0 Å². The number of carbonyl (C=O) groups excluding carboxylic acids is 4. The highest BCUT2D eigenvalue weighted by molar-refractivity contribution is 5.92. The van der Waals surface area contributed by atoms with Crippen molar-refractivity contribution in [2.75, 3.05) is 40.8 Å². The first kappa shape index (κ1) is 35.4. The van der Waals surface area contributed by atoms with Crippen LogP contribution in [0.3, 0.4) is 0 Å². The van der Waals surface area contributed by atoms with Gasteiger partial charge in [-0.15, -0.1) is 0 Å². The van der Waals surface area contributed by atoms with E-state index in [1.165, 1.54) is 9.80 Å². The molecular formula is C37H48N4O6. The number of benzene rings is 3. The fourth-order valence-corrected chi connectivity index (χ4v) is 5.77. The third-order valence-electron chi connectivity index (χ3n) is 8.56. The Morgan fingerprint density at radius 3 is 2.09 bits per heavy atom. The fourth-order valence-electron chi connectivity index (χ4n) is 5.77. The van der Waals surface area contributed by atoms with Gasteiger partial charge in [0.2, 0.25) is 17.7 Å². The van der Waals surface area contributed by atoms with E-state index in [1.54, 1.807) is 26.0 Å². The molecule has 4 rings (SSSR count). The Bertz CT molecular complexity index is 1530. The quantitative estimate of drug-likeness (QED) is 0.331. The van der Waals surface area contributed by atoms with Gasteiger partial charge < -0.3 is 29.5 Å². The monoisotopic (exact) mass is 644 g/mol. The van der Waals surface area contributed by atoms with Crippen molar-refractivity contribution < 1.29 is 28.7 Å². The summed E-state index contributed by atoms with van der Waals surface area (Å²) in [6.45, 7) is 6.24. The summed E-state index contributed by atoms with van der Waals surface area (Å²) >= 11 is 0. The van der Waals surface area contributed by atoms with Gasteiger partial charge in [0.05, 0.1) is 6.10 Å². The van der Waals surface area contributed by atoms with Gasteiger partial charge in [0, 0.05) is 47.1 Å². The van der Waals surface area contributed by atoms with E-state index in [1.807, 2.05) is 93.6 Å². The number of likely N-dealkylation sites (tertiary alicyclic amines) is 1. The summed E-state index contributed by atoms with van der Waals surface area (Å²) < 4.78 is 11.5. The minimum Gasteiger partial charge on any atom is -0.444 e.